The lowest BCUT2D eigenvalue weighted by Crippen LogP contribution is -2.47. The van der Waals surface area contributed by atoms with E-state index in [2.05, 4.69) is 20.2 Å². The summed E-state index contributed by atoms with van der Waals surface area (Å²) in [5, 5.41) is 18.1. The minimum atomic E-state index is -3.48. The minimum absolute atomic E-state index is 0.172. The molecule has 2 heterocycles. The largest absolute Gasteiger partial charge is 0.723 e. The highest BCUT2D eigenvalue weighted by Gasteiger charge is 2.31. The molecule has 1 aliphatic heterocycles. The van der Waals surface area contributed by atoms with E-state index in [1.807, 2.05) is 24.3 Å². The number of para-hydroxylation sites is 1. The van der Waals surface area contributed by atoms with Gasteiger partial charge in [-0.15, -0.1) is 0 Å². The van der Waals surface area contributed by atoms with Crippen molar-refractivity contribution in [2.75, 3.05) is 24.0 Å². The molecule has 2 N–H and O–H groups in total. The molecule has 10 nitrogen and oxygen atoms in total. The smallest absolute Gasteiger partial charge is 0.245 e. The van der Waals surface area contributed by atoms with Gasteiger partial charge in [0.05, 0.1) is 10.6 Å². The number of nitrogens with one attached hydrogen (secondary N) is 2. The number of aromatic nitrogens is 3. The van der Waals surface area contributed by atoms with Gasteiger partial charge in [0.15, 0.2) is 0 Å². The van der Waals surface area contributed by atoms with Gasteiger partial charge in [-0.3, -0.25) is 5.43 Å². The Bertz CT molecular complexity index is 1140. The second-order valence-electron chi connectivity index (χ2n) is 5.98. The van der Waals surface area contributed by atoms with Crippen LogP contribution < -0.4 is 20.0 Å². The van der Waals surface area contributed by atoms with Crippen molar-refractivity contribution in [3.8, 4) is 0 Å². The molecule has 0 unspecified atom stereocenters. The maximum absolute atomic E-state index is 11.9. The molecule has 0 bridgehead atoms. The second kappa shape index (κ2) is 6.94. The molecule has 1 aromatic heterocycles. The van der Waals surface area contributed by atoms with Crippen LogP contribution in [0.1, 0.15) is 5.56 Å². The van der Waals surface area contributed by atoms with Crippen molar-refractivity contribution in [3.63, 3.8) is 0 Å². The lowest BCUT2D eigenvalue weighted by atomic mass is 10.1. The van der Waals surface area contributed by atoms with Crippen LogP contribution in [-0.4, -0.2) is 37.5 Å². The average molecular weight is 399 g/mol. The number of anilines is 2. The summed E-state index contributed by atoms with van der Waals surface area (Å²) in [4.78, 5) is 6.02. The van der Waals surface area contributed by atoms with Gasteiger partial charge in [0, 0.05) is 5.56 Å². The molecule has 0 fully saturated rings. The van der Waals surface area contributed by atoms with E-state index < -0.39 is 10.0 Å². The van der Waals surface area contributed by atoms with E-state index in [1.165, 1.54) is 36.6 Å². The van der Waals surface area contributed by atoms with E-state index in [-0.39, 0.29) is 4.90 Å². The van der Waals surface area contributed by atoms with Crippen LogP contribution in [0.5, 0.6) is 0 Å². The topological polar surface area (TPSA) is 119 Å². The van der Waals surface area contributed by atoms with Crippen molar-refractivity contribution in [3.05, 3.63) is 72.0 Å². The molecule has 0 saturated carbocycles. The Morgan fingerprint density at radius 3 is 2.61 bits per heavy atom. The molecule has 2 aromatic carbocycles. The van der Waals surface area contributed by atoms with Crippen molar-refractivity contribution in [2.24, 2.45) is 5.10 Å². The number of fused-ring (bicyclic) bond motifs is 1. The third kappa shape index (κ3) is 3.17. The second-order valence-corrected chi connectivity index (χ2v) is 7.87. The van der Waals surface area contributed by atoms with E-state index in [0.29, 0.717) is 17.1 Å². The van der Waals surface area contributed by atoms with E-state index in [9.17, 15) is 13.6 Å². The molecular weight excluding hydrogens is 382 g/mol. The molecule has 0 saturated heterocycles. The summed E-state index contributed by atoms with van der Waals surface area (Å²) in [5.41, 5.74) is 6.03. The summed E-state index contributed by atoms with van der Waals surface area (Å²) in [6, 6.07) is 13.9. The zero-order valence-corrected chi connectivity index (χ0v) is 15.7. The van der Waals surface area contributed by atoms with E-state index in [1.54, 1.807) is 17.1 Å². The van der Waals surface area contributed by atoms with Crippen molar-refractivity contribution < 1.29 is 13.3 Å². The summed E-state index contributed by atoms with van der Waals surface area (Å²) in [5.74, 6) is 0. The number of hydrogen-bond acceptors (Lipinski definition) is 7. The minimum Gasteiger partial charge on any atom is -0.723 e. The summed E-state index contributed by atoms with van der Waals surface area (Å²) >= 11 is 0. The van der Waals surface area contributed by atoms with Crippen LogP contribution in [-0.2, 0) is 10.0 Å². The molecule has 3 aromatic rings. The Morgan fingerprint density at radius 2 is 1.93 bits per heavy atom. The quantitative estimate of drug-likeness (QED) is 0.367. The summed E-state index contributed by atoms with van der Waals surface area (Å²) in [7, 11) is -2.12. The first-order valence-corrected chi connectivity index (χ1v) is 9.83. The first kappa shape index (κ1) is 17.9. The first-order chi connectivity index (χ1) is 13.5. The van der Waals surface area contributed by atoms with Gasteiger partial charge in [-0.05, 0) is 43.4 Å². The number of benzene rings is 2. The van der Waals surface area contributed by atoms with Gasteiger partial charge < -0.3 is 5.21 Å². The molecule has 0 atom stereocenters. The Kier molecular flexibility index (Phi) is 4.45. The lowest BCUT2D eigenvalue weighted by molar-refractivity contribution is -0.693. The number of nitrogens with zero attached hydrogens (tertiary/aromatic N) is 5. The highest BCUT2D eigenvalue weighted by Crippen LogP contribution is 2.28. The van der Waals surface area contributed by atoms with Crippen molar-refractivity contribution in [1.82, 2.24) is 14.5 Å². The average Bonchev–Trinajstić information content (AvgIpc) is 3.30. The van der Waals surface area contributed by atoms with Gasteiger partial charge in [0.25, 0.3) is 0 Å². The maximum atomic E-state index is 11.9. The van der Waals surface area contributed by atoms with Crippen LogP contribution >= 0.6 is 0 Å². The molecule has 11 heteroatoms. The number of hydrogen-bond donors (Lipinski definition) is 2. The van der Waals surface area contributed by atoms with Gasteiger partial charge >= 0.3 is 0 Å². The van der Waals surface area contributed by atoms with Gasteiger partial charge in [-0.25, -0.2) is 13.1 Å². The number of hydrazone groups is 1. The van der Waals surface area contributed by atoms with E-state index >= 15 is 0 Å². The fourth-order valence-corrected chi connectivity index (χ4v) is 3.64. The monoisotopic (exact) mass is 399 g/mol. The standard InChI is InChI=1S/C17H17N7O3S/c1-18-28(26,27)14-8-6-13(7-9-14)20-21-16-10-22(23-11-19-12-24(23)25)17-5-3-2-4-15(16)17/h2-9,11-12,18,20H,10H2,1H3/b21-16+. The van der Waals surface area contributed by atoms with Crippen LogP contribution in [0.2, 0.25) is 0 Å². The molecule has 1 aliphatic rings. The van der Waals surface area contributed by atoms with Gasteiger partial charge in [0.1, 0.15) is 17.9 Å². The fraction of sp³-hybridized carbons (Fsp3) is 0.118. The first-order valence-electron chi connectivity index (χ1n) is 8.35. The highest BCUT2D eigenvalue weighted by molar-refractivity contribution is 7.89. The van der Waals surface area contributed by atoms with Crippen molar-refractivity contribution in [2.45, 2.75) is 4.90 Å². The SMILES string of the molecule is CNS(=O)(=O)c1ccc(N/N=C2\CN(n3cnc[n+]3[O-])c3ccccc32)cc1. The number of sulfonamides is 1. The van der Waals surface area contributed by atoms with Crippen molar-refractivity contribution in [1.29, 1.82) is 0 Å². The third-order valence-electron chi connectivity index (χ3n) is 4.33. The van der Waals surface area contributed by atoms with Crippen LogP contribution in [0.15, 0.2) is 71.2 Å². The normalized spacial score (nSPS) is 15.0. The highest BCUT2D eigenvalue weighted by atomic mass is 32.2. The summed E-state index contributed by atoms with van der Waals surface area (Å²) < 4.78 is 25.9. The Morgan fingerprint density at radius 1 is 1.18 bits per heavy atom. The predicted octanol–water partition coefficient (Wildman–Crippen LogP) is 0.524. The number of rotatable bonds is 5. The molecule has 0 amide bonds. The molecule has 144 valence electrons. The van der Waals surface area contributed by atoms with Crippen LogP contribution in [0, 0.1) is 5.21 Å². The predicted molar refractivity (Wildman–Crippen MR) is 103 cm³/mol. The van der Waals surface area contributed by atoms with Gasteiger partial charge in [-0.2, -0.15) is 15.0 Å². The molecule has 0 aliphatic carbocycles. The Hall–Kier alpha value is -3.44. The van der Waals surface area contributed by atoms with Crippen LogP contribution in [0.25, 0.3) is 0 Å². The molecular formula is C17H17N7O3S. The zero-order valence-electron chi connectivity index (χ0n) is 14.8. The Balaban J connectivity index is 1.60. The van der Waals surface area contributed by atoms with Crippen LogP contribution in [0.3, 0.4) is 0 Å². The van der Waals surface area contributed by atoms with Gasteiger partial charge in [-0.1, -0.05) is 21.9 Å². The van der Waals surface area contributed by atoms with Gasteiger partial charge in [0.2, 0.25) is 22.7 Å². The molecule has 0 spiro atoms. The summed E-state index contributed by atoms with van der Waals surface area (Å²) in [6.45, 7) is 0.372. The molecule has 0 radical (unpaired) electrons. The fourth-order valence-electron chi connectivity index (χ4n) is 2.91. The Labute approximate surface area is 161 Å². The van der Waals surface area contributed by atoms with E-state index in [0.717, 1.165) is 17.0 Å². The molecule has 4 rings (SSSR count). The zero-order chi connectivity index (χ0) is 19.7. The maximum Gasteiger partial charge on any atom is 0.245 e. The lowest BCUT2D eigenvalue weighted by Gasteiger charge is -2.16. The van der Waals surface area contributed by atoms with Crippen LogP contribution in [0.4, 0.5) is 11.4 Å². The summed E-state index contributed by atoms with van der Waals surface area (Å²) in [6.07, 6.45) is 2.61. The third-order valence-corrected chi connectivity index (χ3v) is 5.76. The van der Waals surface area contributed by atoms with Crippen molar-refractivity contribution >= 4 is 27.1 Å². The van der Waals surface area contributed by atoms with E-state index in [4.69, 9.17) is 0 Å². The molecule has 28 heavy (non-hydrogen) atoms.